The second-order valence-corrected chi connectivity index (χ2v) is 7.00. The van der Waals surface area contributed by atoms with E-state index < -0.39 is 0 Å². The average Bonchev–Trinajstić information content (AvgIpc) is 2.95. The zero-order chi connectivity index (χ0) is 16.4. The van der Waals surface area contributed by atoms with Crippen LogP contribution in [0, 0.1) is 0 Å². The van der Waals surface area contributed by atoms with E-state index in [2.05, 4.69) is 15.9 Å². The maximum atomic E-state index is 12.5. The number of benzene rings is 2. The molecule has 1 saturated heterocycles. The first kappa shape index (κ1) is 16.2. The van der Waals surface area contributed by atoms with Crippen LogP contribution in [0.3, 0.4) is 0 Å². The molecule has 1 atom stereocenters. The number of methoxy groups -OCH3 is 2. The third-order valence-electron chi connectivity index (χ3n) is 3.65. The molecule has 1 amide bonds. The molecule has 1 heterocycles. The number of nitrogens with zero attached hydrogens (tertiary/aromatic N) is 1. The molecule has 2 aromatic rings. The molecule has 3 rings (SSSR count). The van der Waals surface area contributed by atoms with E-state index in [9.17, 15) is 4.79 Å². The first-order valence-electron chi connectivity index (χ1n) is 7.05. The van der Waals surface area contributed by atoms with Gasteiger partial charge in [0.1, 0.15) is 16.9 Å². The highest BCUT2D eigenvalue weighted by molar-refractivity contribution is 9.10. The lowest BCUT2D eigenvalue weighted by Gasteiger charge is -2.26. The van der Waals surface area contributed by atoms with Crippen molar-refractivity contribution in [2.75, 3.05) is 24.9 Å². The Labute approximate surface area is 147 Å². The molecular weight excluding hydrogens is 378 g/mol. The monoisotopic (exact) mass is 393 g/mol. The molecule has 1 fully saturated rings. The van der Waals surface area contributed by atoms with Gasteiger partial charge in [-0.1, -0.05) is 28.1 Å². The fourth-order valence-corrected chi connectivity index (χ4v) is 4.15. The van der Waals surface area contributed by atoms with Crippen LogP contribution in [0.5, 0.6) is 11.5 Å². The fraction of sp³-hybridized carbons (Fsp3) is 0.235. The van der Waals surface area contributed by atoms with Gasteiger partial charge in [-0.05, 0) is 29.8 Å². The van der Waals surface area contributed by atoms with Crippen LogP contribution in [0.15, 0.2) is 46.9 Å². The van der Waals surface area contributed by atoms with Gasteiger partial charge < -0.3 is 9.47 Å². The molecule has 0 spiro atoms. The second kappa shape index (κ2) is 6.84. The van der Waals surface area contributed by atoms with Crippen molar-refractivity contribution in [2.45, 2.75) is 5.37 Å². The van der Waals surface area contributed by atoms with Crippen molar-refractivity contribution in [3.8, 4) is 11.5 Å². The number of thioether (sulfide) groups is 1. The van der Waals surface area contributed by atoms with Crippen LogP contribution in [-0.4, -0.2) is 25.9 Å². The summed E-state index contributed by atoms with van der Waals surface area (Å²) in [4.78, 5) is 14.3. The molecule has 1 aliphatic rings. The van der Waals surface area contributed by atoms with Gasteiger partial charge in [-0.15, -0.1) is 11.8 Å². The lowest BCUT2D eigenvalue weighted by molar-refractivity contribution is -0.115. The van der Waals surface area contributed by atoms with Crippen LogP contribution in [0.2, 0.25) is 0 Å². The standard InChI is InChI=1S/C17H16BrNO3S/c1-21-13-6-7-14(15(9-13)22-2)19-16(20)10-23-17(19)11-4-3-5-12(18)8-11/h3-9,17H,10H2,1-2H3/t17-/m0/s1. The van der Waals surface area contributed by atoms with Crippen LogP contribution in [0.1, 0.15) is 10.9 Å². The molecule has 0 aromatic heterocycles. The summed E-state index contributed by atoms with van der Waals surface area (Å²) in [5, 5.41) is -0.0673. The summed E-state index contributed by atoms with van der Waals surface area (Å²) in [6.07, 6.45) is 0. The van der Waals surface area contributed by atoms with Gasteiger partial charge in [0.25, 0.3) is 0 Å². The van der Waals surface area contributed by atoms with Gasteiger partial charge in [0.15, 0.2) is 0 Å². The molecule has 1 aliphatic heterocycles. The van der Waals surface area contributed by atoms with Crippen molar-refractivity contribution < 1.29 is 14.3 Å². The summed E-state index contributed by atoms with van der Waals surface area (Å²) in [6.45, 7) is 0. The Balaban J connectivity index is 2.04. The highest BCUT2D eigenvalue weighted by atomic mass is 79.9. The van der Waals surface area contributed by atoms with E-state index in [1.54, 1.807) is 36.9 Å². The predicted molar refractivity (Wildman–Crippen MR) is 96.4 cm³/mol. The van der Waals surface area contributed by atoms with E-state index >= 15 is 0 Å². The van der Waals surface area contributed by atoms with Crippen molar-refractivity contribution in [3.05, 3.63) is 52.5 Å². The van der Waals surface area contributed by atoms with E-state index in [4.69, 9.17) is 9.47 Å². The molecule has 0 bridgehead atoms. The second-order valence-electron chi connectivity index (χ2n) is 5.02. The molecule has 23 heavy (non-hydrogen) atoms. The number of ether oxygens (including phenoxy) is 2. The molecule has 120 valence electrons. The quantitative estimate of drug-likeness (QED) is 0.778. The molecule has 0 radical (unpaired) electrons. The lowest BCUT2D eigenvalue weighted by Crippen LogP contribution is -2.28. The van der Waals surface area contributed by atoms with Crippen LogP contribution in [-0.2, 0) is 4.79 Å². The number of amides is 1. The van der Waals surface area contributed by atoms with Crippen LogP contribution in [0.4, 0.5) is 5.69 Å². The number of halogens is 1. The molecule has 0 saturated carbocycles. The number of carbonyl (C=O) groups excluding carboxylic acids is 1. The van der Waals surface area contributed by atoms with Gasteiger partial charge in [0.05, 0.1) is 25.7 Å². The molecule has 2 aromatic carbocycles. The number of hydrogen-bond donors (Lipinski definition) is 0. The summed E-state index contributed by atoms with van der Waals surface area (Å²) in [7, 11) is 3.20. The molecule has 4 nitrogen and oxygen atoms in total. The summed E-state index contributed by atoms with van der Waals surface area (Å²) < 4.78 is 11.7. The van der Waals surface area contributed by atoms with E-state index in [0.29, 0.717) is 17.3 Å². The van der Waals surface area contributed by atoms with Crippen LogP contribution >= 0.6 is 27.7 Å². The Morgan fingerprint density at radius 1 is 1.17 bits per heavy atom. The minimum absolute atomic E-state index is 0.0673. The Bertz CT molecular complexity index is 738. The maximum absolute atomic E-state index is 12.5. The van der Waals surface area contributed by atoms with Crippen LogP contribution in [0.25, 0.3) is 0 Å². The molecule has 0 aliphatic carbocycles. The van der Waals surface area contributed by atoms with Crippen molar-refractivity contribution in [1.29, 1.82) is 0 Å². The van der Waals surface area contributed by atoms with Crippen molar-refractivity contribution in [1.82, 2.24) is 0 Å². The number of rotatable bonds is 4. The van der Waals surface area contributed by atoms with Gasteiger partial charge in [-0.2, -0.15) is 0 Å². The lowest BCUT2D eigenvalue weighted by atomic mass is 10.1. The maximum Gasteiger partial charge on any atom is 0.238 e. The fourth-order valence-electron chi connectivity index (χ4n) is 2.58. The van der Waals surface area contributed by atoms with Crippen molar-refractivity contribution in [3.63, 3.8) is 0 Å². The first-order chi connectivity index (χ1) is 11.1. The van der Waals surface area contributed by atoms with Gasteiger partial charge in [0, 0.05) is 10.5 Å². The third kappa shape index (κ3) is 3.19. The van der Waals surface area contributed by atoms with E-state index in [-0.39, 0.29) is 11.3 Å². The van der Waals surface area contributed by atoms with Gasteiger partial charge in [-0.3, -0.25) is 9.69 Å². The molecular formula is C17H16BrNO3S. The summed E-state index contributed by atoms with van der Waals surface area (Å²) >= 11 is 5.11. The smallest absolute Gasteiger partial charge is 0.238 e. The molecule has 0 unspecified atom stereocenters. The number of anilines is 1. The normalized spacial score (nSPS) is 17.4. The average molecular weight is 394 g/mol. The predicted octanol–water partition coefficient (Wildman–Crippen LogP) is 4.24. The SMILES string of the molecule is COc1ccc(N2C(=O)CS[C@H]2c2cccc(Br)c2)c(OC)c1. The highest BCUT2D eigenvalue weighted by Gasteiger charge is 2.35. The van der Waals surface area contributed by atoms with Crippen molar-refractivity contribution >= 4 is 39.3 Å². The highest BCUT2D eigenvalue weighted by Crippen LogP contribution is 2.45. The molecule has 0 N–H and O–H groups in total. The number of hydrogen-bond acceptors (Lipinski definition) is 4. The zero-order valence-electron chi connectivity index (χ0n) is 12.8. The number of carbonyl (C=O) groups is 1. The van der Waals surface area contributed by atoms with Crippen molar-refractivity contribution in [2.24, 2.45) is 0 Å². The van der Waals surface area contributed by atoms with Gasteiger partial charge in [-0.25, -0.2) is 0 Å². The minimum atomic E-state index is -0.0673. The van der Waals surface area contributed by atoms with Crippen LogP contribution < -0.4 is 14.4 Å². The largest absolute Gasteiger partial charge is 0.497 e. The Morgan fingerprint density at radius 3 is 2.70 bits per heavy atom. The summed E-state index contributed by atoms with van der Waals surface area (Å²) in [5.41, 5.74) is 1.83. The Hall–Kier alpha value is -1.66. The Morgan fingerprint density at radius 2 is 2.00 bits per heavy atom. The van der Waals surface area contributed by atoms with E-state index in [0.717, 1.165) is 15.7 Å². The minimum Gasteiger partial charge on any atom is -0.497 e. The van der Waals surface area contributed by atoms with Gasteiger partial charge in [0.2, 0.25) is 5.91 Å². The third-order valence-corrected chi connectivity index (χ3v) is 5.35. The molecule has 6 heteroatoms. The first-order valence-corrected chi connectivity index (χ1v) is 8.89. The summed E-state index contributed by atoms with van der Waals surface area (Å²) in [5.74, 6) is 1.85. The summed E-state index contributed by atoms with van der Waals surface area (Å²) in [6, 6.07) is 13.5. The topological polar surface area (TPSA) is 38.8 Å². The van der Waals surface area contributed by atoms with Gasteiger partial charge >= 0.3 is 0 Å². The Kier molecular flexibility index (Phi) is 4.82. The zero-order valence-corrected chi connectivity index (χ0v) is 15.2. The van der Waals surface area contributed by atoms with E-state index in [1.165, 1.54) is 0 Å². The van der Waals surface area contributed by atoms with E-state index in [1.807, 2.05) is 36.4 Å².